The first-order chi connectivity index (χ1) is 7.04. The van der Waals surface area contributed by atoms with Gasteiger partial charge in [-0.2, -0.15) is 8.78 Å². The molecule has 0 saturated carbocycles. The van der Waals surface area contributed by atoms with Crippen LogP contribution in [0.15, 0.2) is 18.2 Å². The predicted molar refractivity (Wildman–Crippen MR) is 51.2 cm³/mol. The van der Waals surface area contributed by atoms with Crippen LogP contribution in [0.1, 0.15) is 10.4 Å². The first-order valence-corrected chi connectivity index (χ1v) is 5.00. The summed E-state index contributed by atoms with van der Waals surface area (Å²) in [7, 11) is 0. The largest absolute Gasteiger partial charge is 0.434 e. The van der Waals surface area contributed by atoms with Crippen LogP contribution in [0.2, 0.25) is 0 Å². The van der Waals surface area contributed by atoms with Gasteiger partial charge in [0.05, 0.1) is 10.9 Å². The molecule has 0 amide bonds. The van der Waals surface area contributed by atoms with Crippen LogP contribution in [0.3, 0.4) is 0 Å². The quantitative estimate of drug-likeness (QED) is 0.627. The third kappa shape index (κ3) is 3.23. The van der Waals surface area contributed by atoms with Crippen LogP contribution >= 0.6 is 15.9 Å². The molecule has 82 valence electrons. The van der Waals surface area contributed by atoms with Crippen LogP contribution in [-0.4, -0.2) is 17.7 Å². The highest BCUT2D eigenvalue weighted by Crippen LogP contribution is 2.22. The van der Waals surface area contributed by atoms with E-state index in [9.17, 15) is 18.0 Å². The number of carbonyl (C=O) groups is 1. The van der Waals surface area contributed by atoms with Crippen molar-refractivity contribution in [2.45, 2.75) is 6.61 Å². The van der Waals surface area contributed by atoms with Gasteiger partial charge in [0.25, 0.3) is 0 Å². The van der Waals surface area contributed by atoms with Crippen molar-refractivity contribution in [1.82, 2.24) is 0 Å². The molecular weight excluding hydrogens is 277 g/mol. The topological polar surface area (TPSA) is 26.3 Å². The van der Waals surface area contributed by atoms with Crippen molar-refractivity contribution < 1.29 is 22.7 Å². The van der Waals surface area contributed by atoms with Gasteiger partial charge in [-0.3, -0.25) is 4.79 Å². The fourth-order valence-corrected chi connectivity index (χ4v) is 1.29. The zero-order valence-electron chi connectivity index (χ0n) is 7.34. The average Bonchev–Trinajstić information content (AvgIpc) is 2.19. The molecule has 0 radical (unpaired) electrons. The van der Waals surface area contributed by atoms with E-state index in [4.69, 9.17) is 0 Å². The molecule has 1 aromatic carbocycles. The molecule has 0 N–H and O–H groups in total. The Morgan fingerprint density at radius 3 is 2.67 bits per heavy atom. The standard InChI is InChI=1S/C9H6BrF3O2/c10-4-7(14)6-3-5(11)1-2-8(6)15-9(12)13/h1-3,9H,4H2. The number of Topliss-reactive ketones (excluding diaryl/α,β-unsaturated/α-hetero) is 1. The number of alkyl halides is 3. The lowest BCUT2D eigenvalue weighted by Gasteiger charge is -2.08. The number of benzene rings is 1. The summed E-state index contributed by atoms with van der Waals surface area (Å²) in [6.07, 6.45) is 0. The number of carbonyl (C=O) groups excluding carboxylic acids is 1. The number of ketones is 1. The van der Waals surface area contributed by atoms with Crippen LogP contribution < -0.4 is 4.74 Å². The fourth-order valence-electron chi connectivity index (χ4n) is 0.991. The highest BCUT2D eigenvalue weighted by Gasteiger charge is 2.15. The Kier molecular flexibility index (Phi) is 4.14. The predicted octanol–water partition coefficient (Wildman–Crippen LogP) is 3.00. The zero-order valence-corrected chi connectivity index (χ0v) is 8.93. The van der Waals surface area contributed by atoms with Crippen molar-refractivity contribution in [1.29, 1.82) is 0 Å². The number of halogens is 4. The summed E-state index contributed by atoms with van der Waals surface area (Å²) in [6, 6.07) is 2.81. The molecule has 0 fully saturated rings. The molecule has 0 spiro atoms. The Bertz CT molecular complexity index is 368. The van der Waals surface area contributed by atoms with E-state index in [0.717, 1.165) is 18.2 Å². The molecular formula is C9H6BrF3O2. The van der Waals surface area contributed by atoms with Gasteiger partial charge in [-0.1, -0.05) is 15.9 Å². The molecule has 6 heteroatoms. The van der Waals surface area contributed by atoms with Gasteiger partial charge in [0.1, 0.15) is 11.6 Å². The minimum atomic E-state index is -3.04. The van der Waals surface area contributed by atoms with Gasteiger partial charge in [0, 0.05) is 0 Å². The Hall–Kier alpha value is -1.04. The second-order valence-electron chi connectivity index (χ2n) is 2.58. The lowest BCUT2D eigenvalue weighted by Crippen LogP contribution is -2.09. The van der Waals surface area contributed by atoms with Crippen molar-refractivity contribution in [3.8, 4) is 5.75 Å². The first-order valence-electron chi connectivity index (χ1n) is 3.88. The molecule has 0 saturated heterocycles. The summed E-state index contributed by atoms with van der Waals surface area (Å²) in [4.78, 5) is 11.2. The minimum absolute atomic E-state index is 0.0873. The molecule has 0 unspecified atom stereocenters. The Labute approximate surface area is 92.2 Å². The highest BCUT2D eigenvalue weighted by atomic mass is 79.9. The van der Waals surface area contributed by atoms with Crippen molar-refractivity contribution in [2.75, 3.05) is 5.33 Å². The van der Waals surface area contributed by atoms with E-state index in [2.05, 4.69) is 20.7 Å². The second kappa shape index (κ2) is 5.16. The molecule has 1 aromatic rings. The van der Waals surface area contributed by atoms with E-state index in [1.165, 1.54) is 0 Å². The molecule has 0 aromatic heterocycles. The van der Waals surface area contributed by atoms with Crippen LogP contribution in [0.25, 0.3) is 0 Å². The Morgan fingerprint density at radius 2 is 2.13 bits per heavy atom. The van der Waals surface area contributed by atoms with E-state index < -0.39 is 18.2 Å². The van der Waals surface area contributed by atoms with Gasteiger partial charge in [0.15, 0.2) is 5.78 Å². The van der Waals surface area contributed by atoms with Crippen LogP contribution in [0.5, 0.6) is 5.75 Å². The third-order valence-electron chi connectivity index (χ3n) is 1.58. The van der Waals surface area contributed by atoms with Gasteiger partial charge in [-0.05, 0) is 18.2 Å². The molecule has 0 aliphatic heterocycles. The SMILES string of the molecule is O=C(CBr)c1cc(F)ccc1OC(F)F. The second-order valence-corrected chi connectivity index (χ2v) is 3.14. The molecule has 1 rings (SSSR count). The normalized spacial score (nSPS) is 10.5. The van der Waals surface area contributed by atoms with Gasteiger partial charge in [-0.15, -0.1) is 0 Å². The van der Waals surface area contributed by atoms with Crippen molar-refractivity contribution in [2.24, 2.45) is 0 Å². The minimum Gasteiger partial charge on any atom is -0.434 e. The van der Waals surface area contributed by atoms with Crippen LogP contribution in [0.4, 0.5) is 13.2 Å². The summed E-state index contributed by atoms with van der Waals surface area (Å²) in [5, 5.41) is -0.0873. The molecule has 0 bridgehead atoms. The van der Waals surface area contributed by atoms with Gasteiger partial charge >= 0.3 is 6.61 Å². The van der Waals surface area contributed by atoms with Crippen molar-refractivity contribution in [3.05, 3.63) is 29.6 Å². The maximum absolute atomic E-state index is 12.8. The van der Waals surface area contributed by atoms with Gasteiger partial charge in [-0.25, -0.2) is 4.39 Å². The number of ether oxygens (including phenoxy) is 1. The summed E-state index contributed by atoms with van der Waals surface area (Å²) >= 11 is 2.86. The molecule has 2 nitrogen and oxygen atoms in total. The first kappa shape index (κ1) is 12.0. The zero-order chi connectivity index (χ0) is 11.4. The maximum Gasteiger partial charge on any atom is 0.387 e. The number of hydrogen-bond acceptors (Lipinski definition) is 2. The number of hydrogen-bond donors (Lipinski definition) is 0. The summed E-state index contributed by atoms with van der Waals surface area (Å²) in [6.45, 7) is -3.04. The summed E-state index contributed by atoms with van der Waals surface area (Å²) in [5.74, 6) is -1.53. The van der Waals surface area contributed by atoms with Gasteiger partial charge < -0.3 is 4.74 Å². The molecule has 0 aliphatic carbocycles. The van der Waals surface area contributed by atoms with Gasteiger partial charge in [0.2, 0.25) is 0 Å². The Balaban J connectivity index is 3.08. The highest BCUT2D eigenvalue weighted by molar-refractivity contribution is 9.09. The van der Waals surface area contributed by atoms with E-state index in [-0.39, 0.29) is 16.6 Å². The molecule has 0 heterocycles. The van der Waals surface area contributed by atoms with Crippen LogP contribution in [-0.2, 0) is 0 Å². The summed E-state index contributed by atoms with van der Waals surface area (Å²) in [5.41, 5.74) is -0.202. The summed E-state index contributed by atoms with van der Waals surface area (Å²) < 4.78 is 40.7. The van der Waals surface area contributed by atoms with E-state index in [1.807, 2.05) is 0 Å². The molecule has 15 heavy (non-hydrogen) atoms. The van der Waals surface area contributed by atoms with Crippen molar-refractivity contribution >= 4 is 21.7 Å². The smallest absolute Gasteiger partial charge is 0.387 e. The maximum atomic E-state index is 12.8. The fraction of sp³-hybridized carbons (Fsp3) is 0.222. The van der Waals surface area contributed by atoms with Crippen molar-refractivity contribution in [3.63, 3.8) is 0 Å². The van der Waals surface area contributed by atoms with E-state index in [0.29, 0.717) is 0 Å². The third-order valence-corrected chi connectivity index (χ3v) is 2.09. The molecule has 0 aliphatic rings. The van der Waals surface area contributed by atoms with E-state index >= 15 is 0 Å². The van der Waals surface area contributed by atoms with Crippen LogP contribution in [0, 0.1) is 5.82 Å². The lowest BCUT2D eigenvalue weighted by molar-refractivity contribution is -0.0501. The Morgan fingerprint density at radius 1 is 1.47 bits per heavy atom. The molecule has 0 atom stereocenters. The monoisotopic (exact) mass is 282 g/mol. The average molecular weight is 283 g/mol. The van der Waals surface area contributed by atoms with E-state index in [1.54, 1.807) is 0 Å². The lowest BCUT2D eigenvalue weighted by atomic mass is 10.1. The number of rotatable bonds is 4.